The predicted molar refractivity (Wildman–Crippen MR) is 119 cm³/mol. The molecule has 0 radical (unpaired) electrons. The Kier molecular flexibility index (Phi) is 8.96. The average Bonchev–Trinajstić information content (AvgIpc) is 3.37. The molecule has 0 aliphatic carbocycles. The topological polar surface area (TPSA) is 61.6 Å². The first-order valence-corrected chi connectivity index (χ1v) is 9.93. The Bertz CT molecular complexity index is 775. The van der Waals surface area contributed by atoms with Crippen molar-refractivity contribution in [3.8, 4) is 11.3 Å². The van der Waals surface area contributed by atoms with Crippen LogP contribution in [-0.4, -0.2) is 66.0 Å². The van der Waals surface area contributed by atoms with Crippen LogP contribution in [0.1, 0.15) is 24.3 Å². The zero-order valence-electron chi connectivity index (χ0n) is 16.8. The average molecular weight is 441 g/mol. The summed E-state index contributed by atoms with van der Waals surface area (Å²) in [5.41, 5.74) is 2.23. The van der Waals surface area contributed by atoms with Crippen molar-refractivity contribution in [1.82, 2.24) is 20.1 Å². The lowest BCUT2D eigenvalue weighted by Crippen LogP contribution is -2.49. The van der Waals surface area contributed by atoms with Crippen molar-refractivity contribution in [2.45, 2.75) is 32.2 Å². The highest BCUT2D eigenvalue weighted by atomic mass is 35.5. The molecule has 1 unspecified atom stereocenters. The molecule has 2 aliphatic rings. The van der Waals surface area contributed by atoms with E-state index in [9.17, 15) is 4.79 Å². The molecule has 1 aromatic carbocycles. The van der Waals surface area contributed by atoms with Crippen LogP contribution in [0.25, 0.3) is 11.3 Å². The van der Waals surface area contributed by atoms with E-state index in [-0.39, 0.29) is 30.7 Å². The number of carbonyl (C=O) groups excluding carboxylic acids is 1. The second-order valence-corrected chi connectivity index (χ2v) is 7.55. The molecule has 8 heteroatoms. The van der Waals surface area contributed by atoms with Crippen LogP contribution in [0.15, 0.2) is 34.9 Å². The molecule has 2 aliphatic heterocycles. The van der Waals surface area contributed by atoms with Crippen molar-refractivity contribution in [3.63, 3.8) is 0 Å². The first-order valence-electron chi connectivity index (χ1n) is 9.93. The summed E-state index contributed by atoms with van der Waals surface area (Å²) in [6.45, 7) is 8.07. The molecular formula is C21H30Cl2N4O2. The minimum Gasteiger partial charge on any atom is -0.441 e. The number of halogens is 2. The monoisotopic (exact) mass is 440 g/mol. The van der Waals surface area contributed by atoms with Gasteiger partial charge in [-0.15, -0.1) is 24.8 Å². The van der Waals surface area contributed by atoms with Crippen LogP contribution in [0.5, 0.6) is 0 Å². The quantitative estimate of drug-likeness (QED) is 0.773. The Balaban J connectivity index is 0.00000150. The van der Waals surface area contributed by atoms with E-state index in [2.05, 4.69) is 34.3 Å². The number of oxazole rings is 1. The SMILES string of the molecule is Cc1ccc(-c2cnc(CCC(=O)N3CCC(N4CCNCC4)C3)o2)cc1.Cl.Cl. The molecule has 2 saturated heterocycles. The number of likely N-dealkylation sites (tertiary alicyclic amines) is 1. The highest BCUT2D eigenvalue weighted by Crippen LogP contribution is 2.22. The van der Waals surface area contributed by atoms with Gasteiger partial charge in [0.15, 0.2) is 11.7 Å². The largest absolute Gasteiger partial charge is 0.441 e. The maximum atomic E-state index is 12.6. The summed E-state index contributed by atoms with van der Waals surface area (Å²) in [5.74, 6) is 1.61. The number of benzene rings is 1. The number of carbonyl (C=O) groups is 1. The summed E-state index contributed by atoms with van der Waals surface area (Å²) < 4.78 is 5.84. The van der Waals surface area contributed by atoms with Gasteiger partial charge in [0.25, 0.3) is 0 Å². The summed E-state index contributed by atoms with van der Waals surface area (Å²) in [7, 11) is 0. The first kappa shape index (κ1) is 23.7. The zero-order chi connectivity index (χ0) is 18.6. The van der Waals surface area contributed by atoms with Crippen LogP contribution in [0, 0.1) is 6.92 Å². The van der Waals surface area contributed by atoms with Crippen molar-refractivity contribution in [2.75, 3.05) is 39.3 Å². The predicted octanol–water partition coefficient (Wildman–Crippen LogP) is 2.93. The van der Waals surface area contributed by atoms with E-state index < -0.39 is 0 Å². The van der Waals surface area contributed by atoms with Crippen molar-refractivity contribution in [1.29, 1.82) is 0 Å². The van der Waals surface area contributed by atoms with Crippen molar-refractivity contribution in [3.05, 3.63) is 41.9 Å². The summed E-state index contributed by atoms with van der Waals surface area (Å²) in [6, 6.07) is 8.70. The molecular weight excluding hydrogens is 411 g/mol. The van der Waals surface area contributed by atoms with Crippen molar-refractivity contribution >= 4 is 30.7 Å². The van der Waals surface area contributed by atoms with Gasteiger partial charge in [-0.2, -0.15) is 0 Å². The highest BCUT2D eigenvalue weighted by Gasteiger charge is 2.30. The standard InChI is InChI=1S/C21H28N4O2.2ClH/c1-16-2-4-17(5-3-16)19-14-23-20(27-19)6-7-21(26)25-11-8-18(15-25)24-12-9-22-10-13-24;;/h2-5,14,18,22H,6-13,15H2,1H3;2*1H. The van der Waals surface area contributed by atoms with Gasteiger partial charge in [-0.3, -0.25) is 9.69 Å². The highest BCUT2D eigenvalue weighted by molar-refractivity contribution is 5.85. The Morgan fingerprint density at radius 3 is 2.62 bits per heavy atom. The normalized spacial score (nSPS) is 19.5. The number of piperazine rings is 1. The third-order valence-electron chi connectivity index (χ3n) is 5.63. The van der Waals surface area contributed by atoms with E-state index in [1.54, 1.807) is 6.20 Å². The number of rotatable bonds is 5. The summed E-state index contributed by atoms with van der Waals surface area (Å²) >= 11 is 0. The maximum Gasteiger partial charge on any atom is 0.223 e. The zero-order valence-corrected chi connectivity index (χ0v) is 18.4. The van der Waals surface area contributed by atoms with Crippen molar-refractivity contribution in [2.24, 2.45) is 0 Å². The van der Waals surface area contributed by atoms with Crippen LogP contribution in [0.2, 0.25) is 0 Å². The lowest BCUT2D eigenvalue weighted by atomic mass is 10.1. The van der Waals surface area contributed by atoms with E-state index in [4.69, 9.17) is 4.42 Å². The number of hydrogen-bond donors (Lipinski definition) is 1. The first-order chi connectivity index (χ1) is 13.2. The number of aromatic nitrogens is 1. The molecule has 2 aromatic rings. The Morgan fingerprint density at radius 1 is 1.17 bits per heavy atom. The second-order valence-electron chi connectivity index (χ2n) is 7.55. The molecule has 1 N–H and O–H groups in total. The molecule has 2 fully saturated rings. The van der Waals surface area contributed by atoms with Gasteiger partial charge in [-0.1, -0.05) is 29.8 Å². The van der Waals surface area contributed by atoms with Crippen LogP contribution in [0.3, 0.4) is 0 Å². The number of nitrogens with zero attached hydrogens (tertiary/aromatic N) is 3. The van der Waals surface area contributed by atoms with E-state index in [1.165, 1.54) is 5.56 Å². The third-order valence-corrected chi connectivity index (χ3v) is 5.63. The van der Waals surface area contributed by atoms with Crippen molar-refractivity contribution < 1.29 is 9.21 Å². The van der Waals surface area contributed by atoms with Gasteiger partial charge >= 0.3 is 0 Å². The van der Waals surface area contributed by atoms with Gasteiger partial charge < -0.3 is 14.6 Å². The fourth-order valence-electron chi connectivity index (χ4n) is 3.96. The molecule has 29 heavy (non-hydrogen) atoms. The fourth-order valence-corrected chi connectivity index (χ4v) is 3.96. The molecule has 0 spiro atoms. The lowest BCUT2D eigenvalue weighted by molar-refractivity contribution is -0.130. The Morgan fingerprint density at radius 2 is 1.90 bits per heavy atom. The summed E-state index contributed by atoms with van der Waals surface area (Å²) in [5, 5.41) is 3.39. The second kappa shape index (κ2) is 11.0. The number of nitrogens with one attached hydrogen (secondary N) is 1. The van der Waals surface area contributed by atoms with Gasteiger partial charge in [0.05, 0.1) is 6.20 Å². The molecule has 0 saturated carbocycles. The molecule has 1 amide bonds. The molecule has 160 valence electrons. The lowest BCUT2D eigenvalue weighted by Gasteiger charge is -2.32. The number of amides is 1. The number of aryl methyl sites for hydroxylation is 2. The van der Waals surface area contributed by atoms with E-state index in [0.29, 0.717) is 24.8 Å². The van der Waals surface area contributed by atoms with Crippen LogP contribution in [0.4, 0.5) is 0 Å². The van der Waals surface area contributed by atoms with Gasteiger partial charge in [-0.25, -0.2) is 4.98 Å². The minimum absolute atomic E-state index is 0. The Labute approximate surface area is 184 Å². The fraction of sp³-hybridized carbons (Fsp3) is 0.524. The molecule has 0 bridgehead atoms. The summed E-state index contributed by atoms with van der Waals surface area (Å²) in [6.07, 6.45) is 3.85. The van der Waals surface area contributed by atoms with E-state index in [0.717, 1.165) is 57.0 Å². The van der Waals surface area contributed by atoms with Crippen LogP contribution >= 0.6 is 24.8 Å². The molecule has 1 atom stereocenters. The van der Waals surface area contributed by atoms with E-state index >= 15 is 0 Å². The maximum absolute atomic E-state index is 12.6. The van der Waals surface area contributed by atoms with Crippen LogP contribution in [-0.2, 0) is 11.2 Å². The molecule has 3 heterocycles. The Hall–Kier alpha value is -1.60. The van der Waals surface area contributed by atoms with Gasteiger partial charge in [0.1, 0.15) is 0 Å². The molecule has 4 rings (SSSR count). The van der Waals surface area contributed by atoms with Gasteiger partial charge in [0, 0.05) is 63.7 Å². The third kappa shape index (κ3) is 5.95. The number of hydrogen-bond acceptors (Lipinski definition) is 5. The smallest absolute Gasteiger partial charge is 0.223 e. The minimum atomic E-state index is 0. The van der Waals surface area contributed by atoms with Gasteiger partial charge in [-0.05, 0) is 13.3 Å². The van der Waals surface area contributed by atoms with Gasteiger partial charge in [0.2, 0.25) is 5.91 Å². The summed E-state index contributed by atoms with van der Waals surface area (Å²) in [4.78, 5) is 21.5. The van der Waals surface area contributed by atoms with Crippen LogP contribution < -0.4 is 5.32 Å². The molecule has 6 nitrogen and oxygen atoms in total. The molecule has 1 aromatic heterocycles. The van der Waals surface area contributed by atoms with E-state index in [1.807, 2.05) is 17.0 Å².